The van der Waals surface area contributed by atoms with Crippen molar-refractivity contribution in [3.63, 3.8) is 0 Å². The maximum absolute atomic E-state index is 10.9. The number of likely N-dealkylation sites (N-methyl/N-ethyl adjacent to an activating group) is 1. The van der Waals surface area contributed by atoms with Gasteiger partial charge in [-0.1, -0.05) is 73.2 Å². The van der Waals surface area contributed by atoms with Gasteiger partial charge in [0.1, 0.15) is 0 Å². The second-order valence-corrected chi connectivity index (χ2v) is 7.43. The molecule has 2 aromatic carbocycles. The second kappa shape index (κ2) is 9.92. The first-order valence-corrected chi connectivity index (χ1v) is 9.90. The Labute approximate surface area is 167 Å². The molecule has 3 rings (SSSR count). The van der Waals surface area contributed by atoms with Crippen LogP contribution in [0, 0.1) is 11.8 Å². The van der Waals surface area contributed by atoms with Gasteiger partial charge in [0, 0.05) is 17.7 Å². The van der Waals surface area contributed by atoms with Crippen molar-refractivity contribution < 1.29 is 9.90 Å². The van der Waals surface area contributed by atoms with Crippen LogP contribution in [0.25, 0.3) is 5.57 Å². The Morgan fingerprint density at radius 3 is 2.43 bits per heavy atom. The molecule has 0 bridgehead atoms. The number of benzene rings is 2. The van der Waals surface area contributed by atoms with Crippen molar-refractivity contribution in [3.05, 3.63) is 77.4 Å². The standard InChI is InChI=1S/C25H27NO2/c1-26(19-25(27)28)18-17-24(22-7-3-2-4-8-22)16-13-20-11-14-23(15-12-20)21-9-5-6-10-21/h2-4,7-8,11-12,14-15,17,21H,5-6,9-10,18-19H2,1H3,(H,27,28)/b24-17-. The summed E-state index contributed by atoms with van der Waals surface area (Å²) in [4.78, 5) is 12.6. The van der Waals surface area contributed by atoms with E-state index < -0.39 is 5.97 Å². The molecular formula is C25H27NO2. The monoisotopic (exact) mass is 373 g/mol. The highest BCUT2D eigenvalue weighted by Crippen LogP contribution is 2.33. The van der Waals surface area contributed by atoms with Gasteiger partial charge in [0.2, 0.25) is 0 Å². The Morgan fingerprint density at radius 2 is 1.79 bits per heavy atom. The van der Waals surface area contributed by atoms with Gasteiger partial charge in [-0.25, -0.2) is 0 Å². The highest BCUT2D eigenvalue weighted by atomic mass is 16.4. The minimum absolute atomic E-state index is 0.00856. The third-order valence-electron chi connectivity index (χ3n) is 5.18. The van der Waals surface area contributed by atoms with E-state index in [1.165, 1.54) is 31.2 Å². The van der Waals surface area contributed by atoms with Crippen LogP contribution in [0.2, 0.25) is 0 Å². The van der Waals surface area contributed by atoms with Crippen molar-refractivity contribution in [1.82, 2.24) is 4.90 Å². The molecule has 1 fully saturated rings. The third kappa shape index (κ3) is 5.84. The van der Waals surface area contributed by atoms with Gasteiger partial charge in [-0.15, -0.1) is 0 Å². The summed E-state index contributed by atoms with van der Waals surface area (Å²) in [6.07, 6.45) is 7.28. The molecule has 0 amide bonds. The summed E-state index contributed by atoms with van der Waals surface area (Å²) in [7, 11) is 1.79. The molecule has 0 spiro atoms. The van der Waals surface area contributed by atoms with E-state index in [1.54, 1.807) is 11.9 Å². The Kier molecular flexibility index (Phi) is 7.06. The highest BCUT2D eigenvalue weighted by Gasteiger charge is 2.16. The van der Waals surface area contributed by atoms with Crippen LogP contribution < -0.4 is 0 Å². The van der Waals surface area contributed by atoms with E-state index in [2.05, 4.69) is 36.1 Å². The van der Waals surface area contributed by atoms with Crippen LogP contribution in [0.1, 0.15) is 48.3 Å². The molecule has 0 unspecified atom stereocenters. The molecule has 1 aliphatic rings. The molecule has 0 aromatic heterocycles. The van der Waals surface area contributed by atoms with E-state index in [0.717, 1.165) is 16.7 Å². The molecule has 3 heteroatoms. The van der Waals surface area contributed by atoms with Crippen molar-refractivity contribution >= 4 is 11.5 Å². The predicted molar refractivity (Wildman–Crippen MR) is 114 cm³/mol. The van der Waals surface area contributed by atoms with Crippen LogP contribution in [-0.4, -0.2) is 36.1 Å². The van der Waals surface area contributed by atoms with Gasteiger partial charge in [0.25, 0.3) is 0 Å². The number of allylic oxidation sites excluding steroid dienone is 1. The number of hydrogen-bond donors (Lipinski definition) is 1. The first kappa shape index (κ1) is 19.9. The highest BCUT2D eigenvalue weighted by molar-refractivity contribution is 5.79. The summed E-state index contributed by atoms with van der Waals surface area (Å²) >= 11 is 0. The summed E-state index contributed by atoms with van der Waals surface area (Å²) < 4.78 is 0. The number of carboxylic acid groups (broad SMARTS) is 1. The Morgan fingerprint density at radius 1 is 1.11 bits per heavy atom. The lowest BCUT2D eigenvalue weighted by molar-refractivity contribution is -0.137. The van der Waals surface area contributed by atoms with E-state index in [4.69, 9.17) is 5.11 Å². The lowest BCUT2D eigenvalue weighted by Crippen LogP contribution is -2.25. The molecule has 0 radical (unpaired) electrons. The molecular weight excluding hydrogens is 346 g/mol. The van der Waals surface area contributed by atoms with Crippen LogP contribution in [-0.2, 0) is 4.79 Å². The lowest BCUT2D eigenvalue weighted by Gasteiger charge is -2.11. The van der Waals surface area contributed by atoms with Gasteiger partial charge < -0.3 is 5.11 Å². The van der Waals surface area contributed by atoms with Crippen LogP contribution >= 0.6 is 0 Å². The quantitative estimate of drug-likeness (QED) is 0.740. The van der Waals surface area contributed by atoms with Crippen LogP contribution in [0.3, 0.4) is 0 Å². The Hall–Kier alpha value is -2.83. The van der Waals surface area contributed by atoms with Gasteiger partial charge in [-0.3, -0.25) is 9.69 Å². The molecule has 0 saturated heterocycles. The summed E-state index contributed by atoms with van der Waals surface area (Å²) in [5.41, 5.74) is 4.39. The molecule has 28 heavy (non-hydrogen) atoms. The average molecular weight is 373 g/mol. The largest absolute Gasteiger partial charge is 0.480 e. The summed E-state index contributed by atoms with van der Waals surface area (Å²) in [6.45, 7) is 0.542. The first-order valence-electron chi connectivity index (χ1n) is 9.90. The van der Waals surface area contributed by atoms with Crippen molar-refractivity contribution in [2.24, 2.45) is 0 Å². The van der Waals surface area contributed by atoms with E-state index in [-0.39, 0.29) is 6.54 Å². The van der Waals surface area contributed by atoms with Crippen molar-refractivity contribution in [1.29, 1.82) is 0 Å². The normalized spacial score (nSPS) is 14.7. The minimum Gasteiger partial charge on any atom is -0.480 e. The molecule has 3 nitrogen and oxygen atoms in total. The molecule has 1 aliphatic carbocycles. The van der Waals surface area contributed by atoms with E-state index in [0.29, 0.717) is 12.5 Å². The Bertz CT molecular complexity index is 866. The zero-order valence-electron chi connectivity index (χ0n) is 16.4. The first-order chi connectivity index (χ1) is 13.6. The summed E-state index contributed by atoms with van der Waals surface area (Å²) in [5.74, 6) is 6.45. The SMILES string of the molecule is CN(C/C=C(/C#Cc1ccc(C2CCCC2)cc1)c1ccccc1)CC(=O)O. The topological polar surface area (TPSA) is 40.5 Å². The van der Waals surface area contributed by atoms with Crippen LogP contribution in [0.15, 0.2) is 60.7 Å². The van der Waals surface area contributed by atoms with Crippen LogP contribution in [0.4, 0.5) is 0 Å². The van der Waals surface area contributed by atoms with Crippen molar-refractivity contribution in [2.75, 3.05) is 20.1 Å². The van der Waals surface area contributed by atoms with Gasteiger partial charge in [0.15, 0.2) is 0 Å². The fourth-order valence-corrected chi connectivity index (χ4v) is 3.64. The number of nitrogens with zero attached hydrogens (tertiary/aromatic N) is 1. The van der Waals surface area contributed by atoms with Gasteiger partial charge in [-0.2, -0.15) is 0 Å². The number of carbonyl (C=O) groups is 1. The number of hydrogen-bond acceptors (Lipinski definition) is 2. The van der Waals surface area contributed by atoms with E-state index in [9.17, 15) is 4.79 Å². The summed E-state index contributed by atoms with van der Waals surface area (Å²) in [5, 5.41) is 8.93. The minimum atomic E-state index is -0.828. The van der Waals surface area contributed by atoms with Gasteiger partial charge in [-0.05, 0) is 49.1 Å². The van der Waals surface area contributed by atoms with Gasteiger partial charge in [0.05, 0.1) is 6.54 Å². The molecule has 0 heterocycles. The van der Waals surface area contributed by atoms with Crippen molar-refractivity contribution in [2.45, 2.75) is 31.6 Å². The smallest absolute Gasteiger partial charge is 0.317 e. The Balaban J connectivity index is 1.77. The zero-order valence-corrected chi connectivity index (χ0v) is 16.4. The maximum Gasteiger partial charge on any atom is 0.317 e. The van der Waals surface area contributed by atoms with Crippen LogP contribution in [0.5, 0.6) is 0 Å². The van der Waals surface area contributed by atoms with E-state index in [1.807, 2.05) is 36.4 Å². The number of carboxylic acids is 1. The molecule has 144 valence electrons. The van der Waals surface area contributed by atoms with Crippen molar-refractivity contribution in [3.8, 4) is 11.8 Å². The molecule has 0 atom stereocenters. The summed E-state index contributed by atoms with van der Waals surface area (Å²) in [6, 6.07) is 18.7. The average Bonchev–Trinajstić information content (AvgIpc) is 3.23. The second-order valence-electron chi connectivity index (χ2n) is 7.43. The fraction of sp³-hybridized carbons (Fsp3) is 0.320. The van der Waals surface area contributed by atoms with E-state index >= 15 is 0 Å². The maximum atomic E-state index is 10.9. The number of aliphatic carboxylic acids is 1. The number of rotatable bonds is 6. The predicted octanol–water partition coefficient (Wildman–Crippen LogP) is 4.80. The molecule has 1 saturated carbocycles. The van der Waals surface area contributed by atoms with Gasteiger partial charge >= 0.3 is 5.97 Å². The lowest BCUT2D eigenvalue weighted by atomic mass is 9.97. The molecule has 0 aliphatic heterocycles. The third-order valence-corrected chi connectivity index (χ3v) is 5.18. The zero-order chi connectivity index (χ0) is 19.8. The fourth-order valence-electron chi connectivity index (χ4n) is 3.64. The molecule has 2 aromatic rings. The molecule has 1 N–H and O–H groups in total.